The Morgan fingerprint density at radius 2 is 1.39 bits per heavy atom. The van der Waals surface area contributed by atoms with E-state index in [1.165, 1.54) is 45.6 Å². The highest BCUT2D eigenvalue weighted by Gasteiger charge is 2.47. The largest absolute Gasteiger partial charge is 0.573 e. The molecule has 11 heteroatoms. The van der Waals surface area contributed by atoms with Gasteiger partial charge in [-0.05, 0) is 54.1 Å². The molecular formula is C27H22F3NO7. The van der Waals surface area contributed by atoms with Crippen LogP contribution < -0.4 is 23.8 Å². The van der Waals surface area contributed by atoms with Crippen LogP contribution >= 0.6 is 0 Å². The minimum Gasteiger partial charge on any atom is -0.507 e. The van der Waals surface area contributed by atoms with Gasteiger partial charge in [0.05, 0.1) is 38.5 Å². The molecule has 198 valence electrons. The molecule has 3 aromatic rings. The second-order valence-electron chi connectivity index (χ2n) is 8.05. The second-order valence-corrected chi connectivity index (χ2v) is 8.05. The summed E-state index contributed by atoms with van der Waals surface area (Å²) in [6, 6.07) is 14.4. The minimum absolute atomic E-state index is 0.114. The zero-order valence-electron chi connectivity index (χ0n) is 20.4. The lowest BCUT2D eigenvalue weighted by Crippen LogP contribution is -2.29. The lowest BCUT2D eigenvalue weighted by atomic mass is 9.94. The van der Waals surface area contributed by atoms with Gasteiger partial charge in [-0.1, -0.05) is 12.1 Å². The molecule has 3 aromatic carbocycles. The lowest BCUT2D eigenvalue weighted by Gasteiger charge is -2.26. The van der Waals surface area contributed by atoms with Gasteiger partial charge in [-0.2, -0.15) is 0 Å². The van der Waals surface area contributed by atoms with Gasteiger partial charge in [0.15, 0.2) is 0 Å². The normalized spacial score (nSPS) is 16.9. The standard InChI is InChI=1S/C27H22F3NO7/c1-35-17-8-4-15(5-9-17)23-22(24(32)20-13-12-19(36-2)14-21(20)37-3)25(33)26(34)31(23)16-6-10-18(11-7-16)38-27(28,29)30/h4-14,23,32H,1-3H3/b24-22-. The molecule has 38 heavy (non-hydrogen) atoms. The molecule has 0 aromatic heterocycles. The van der Waals surface area contributed by atoms with Crippen LogP contribution in [0.5, 0.6) is 23.0 Å². The van der Waals surface area contributed by atoms with Crippen LogP contribution in [0.4, 0.5) is 18.9 Å². The molecular weight excluding hydrogens is 507 g/mol. The van der Waals surface area contributed by atoms with E-state index in [2.05, 4.69) is 4.74 Å². The summed E-state index contributed by atoms with van der Waals surface area (Å²) in [4.78, 5) is 27.7. The Bertz CT molecular complexity index is 1380. The average molecular weight is 529 g/mol. The van der Waals surface area contributed by atoms with Gasteiger partial charge in [0.1, 0.15) is 28.8 Å². The zero-order chi connectivity index (χ0) is 27.6. The number of hydrogen-bond acceptors (Lipinski definition) is 7. The van der Waals surface area contributed by atoms with Crippen molar-refractivity contribution in [2.45, 2.75) is 12.4 Å². The third-order valence-electron chi connectivity index (χ3n) is 5.89. The summed E-state index contributed by atoms with van der Waals surface area (Å²) in [5.41, 5.74) is 0.454. The number of hydrogen-bond donors (Lipinski definition) is 1. The highest BCUT2D eigenvalue weighted by Crippen LogP contribution is 2.44. The number of rotatable bonds is 7. The highest BCUT2D eigenvalue weighted by molar-refractivity contribution is 6.51. The number of Topliss-reactive ketones (excluding diaryl/α,β-unsaturated/α-hetero) is 1. The fourth-order valence-electron chi connectivity index (χ4n) is 4.15. The highest BCUT2D eigenvalue weighted by atomic mass is 19.4. The molecule has 1 unspecified atom stereocenters. The van der Waals surface area contributed by atoms with E-state index in [1.807, 2.05) is 0 Å². The van der Waals surface area contributed by atoms with E-state index >= 15 is 0 Å². The Hall–Kier alpha value is -4.67. The molecule has 1 saturated heterocycles. The summed E-state index contributed by atoms with van der Waals surface area (Å²) in [7, 11) is 4.30. The van der Waals surface area contributed by atoms with Crippen LogP contribution in [-0.4, -0.2) is 44.5 Å². The molecule has 0 bridgehead atoms. The van der Waals surface area contributed by atoms with Crippen LogP contribution in [0.15, 0.2) is 72.3 Å². The van der Waals surface area contributed by atoms with Crippen LogP contribution in [-0.2, 0) is 9.59 Å². The van der Waals surface area contributed by atoms with Gasteiger partial charge in [-0.25, -0.2) is 0 Å². The molecule has 1 N–H and O–H groups in total. The SMILES string of the molecule is COc1ccc(C2/C(=C(/O)c3ccc(OC)cc3OC)C(=O)C(=O)N2c2ccc(OC(F)(F)F)cc2)cc1. The maximum atomic E-state index is 13.3. The topological polar surface area (TPSA) is 94.5 Å². The number of nitrogens with zero attached hydrogens (tertiary/aromatic N) is 1. The molecule has 1 fully saturated rings. The third kappa shape index (κ3) is 5.08. The summed E-state index contributed by atoms with van der Waals surface area (Å²) < 4.78 is 57.5. The fourth-order valence-corrected chi connectivity index (χ4v) is 4.15. The summed E-state index contributed by atoms with van der Waals surface area (Å²) in [5.74, 6) is -1.83. The van der Waals surface area contributed by atoms with Gasteiger partial charge < -0.3 is 24.1 Å². The second kappa shape index (κ2) is 10.4. The number of halogens is 3. The number of carbonyl (C=O) groups excluding carboxylic acids is 2. The molecule has 4 rings (SSSR count). The quantitative estimate of drug-likeness (QED) is 0.254. The molecule has 1 amide bonds. The van der Waals surface area contributed by atoms with Gasteiger partial charge >= 0.3 is 6.36 Å². The number of ketones is 1. The Morgan fingerprint density at radius 3 is 1.95 bits per heavy atom. The van der Waals surface area contributed by atoms with E-state index in [0.717, 1.165) is 17.0 Å². The number of benzene rings is 3. The van der Waals surface area contributed by atoms with Crippen molar-refractivity contribution in [1.82, 2.24) is 0 Å². The first-order valence-electron chi connectivity index (χ1n) is 11.1. The van der Waals surface area contributed by atoms with E-state index in [0.29, 0.717) is 17.1 Å². The number of carbonyl (C=O) groups is 2. The number of alkyl halides is 3. The molecule has 1 atom stereocenters. The van der Waals surface area contributed by atoms with Gasteiger partial charge in [0, 0.05) is 11.8 Å². The van der Waals surface area contributed by atoms with Crippen LogP contribution in [0, 0.1) is 0 Å². The van der Waals surface area contributed by atoms with Crippen molar-refractivity contribution in [3.63, 3.8) is 0 Å². The van der Waals surface area contributed by atoms with Gasteiger partial charge in [0.2, 0.25) is 0 Å². The Balaban J connectivity index is 1.88. The van der Waals surface area contributed by atoms with Crippen LogP contribution in [0.25, 0.3) is 5.76 Å². The van der Waals surface area contributed by atoms with Gasteiger partial charge in [-0.3, -0.25) is 14.5 Å². The third-order valence-corrected chi connectivity index (χ3v) is 5.89. The Morgan fingerprint density at radius 1 is 0.816 bits per heavy atom. The van der Waals surface area contributed by atoms with Crippen LogP contribution in [0.1, 0.15) is 17.2 Å². The molecule has 1 heterocycles. The molecule has 0 radical (unpaired) electrons. The van der Waals surface area contributed by atoms with Crippen molar-refractivity contribution in [1.29, 1.82) is 0 Å². The maximum absolute atomic E-state index is 13.3. The smallest absolute Gasteiger partial charge is 0.507 e. The first-order valence-corrected chi connectivity index (χ1v) is 11.1. The number of amides is 1. The van der Waals surface area contributed by atoms with Crippen molar-refractivity contribution in [3.8, 4) is 23.0 Å². The number of aliphatic hydroxyl groups excluding tert-OH is 1. The predicted octanol–water partition coefficient (Wildman–Crippen LogP) is 5.24. The zero-order valence-corrected chi connectivity index (χ0v) is 20.4. The van der Waals surface area contributed by atoms with Crippen molar-refractivity contribution in [2.24, 2.45) is 0 Å². The van der Waals surface area contributed by atoms with E-state index in [9.17, 15) is 27.9 Å². The maximum Gasteiger partial charge on any atom is 0.573 e. The summed E-state index contributed by atoms with van der Waals surface area (Å²) in [6.45, 7) is 0. The number of anilines is 1. The van der Waals surface area contributed by atoms with Gasteiger partial charge in [0.25, 0.3) is 11.7 Å². The first-order chi connectivity index (χ1) is 18.1. The first kappa shape index (κ1) is 26.4. The molecule has 1 aliphatic heterocycles. The average Bonchev–Trinajstić information content (AvgIpc) is 3.17. The molecule has 1 aliphatic rings. The van der Waals surface area contributed by atoms with E-state index in [-0.39, 0.29) is 22.6 Å². The number of methoxy groups -OCH3 is 3. The van der Waals surface area contributed by atoms with E-state index in [1.54, 1.807) is 30.3 Å². The summed E-state index contributed by atoms with van der Waals surface area (Å²) in [5, 5.41) is 11.3. The summed E-state index contributed by atoms with van der Waals surface area (Å²) >= 11 is 0. The van der Waals surface area contributed by atoms with Crippen molar-refractivity contribution in [2.75, 3.05) is 26.2 Å². The molecule has 0 aliphatic carbocycles. The van der Waals surface area contributed by atoms with E-state index < -0.39 is 35.6 Å². The van der Waals surface area contributed by atoms with Crippen molar-refractivity contribution >= 4 is 23.1 Å². The van der Waals surface area contributed by atoms with Gasteiger partial charge in [-0.15, -0.1) is 13.2 Å². The predicted molar refractivity (Wildman–Crippen MR) is 130 cm³/mol. The van der Waals surface area contributed by atoms with E-state index in [4.69, 9.17) is 14.2 Å². The lowest BCUT2D eigenvalue weighted by molar-refractivity contribution is -0.274. The molecule has 8 nitrogen and oxygen atoms in total. The number of aliphatic hydroxyl groups is 1. The Kier molecular flexibility index (Phi) is 7.20. The number of ether oxygens (including phenoxy) is 4. The van der Waals surface area contributed by atoms with Crippen molar-refractivity contribution < 1.29 is 46.8 Å². The minimum atomic E-state index is -4.90. The summed E-state index contributed by atoms with van der Waals surface area (Å²) in [6.07, 6.45) is -4.90. The molecule has 0 spiro atoms. The van der Waals surface area contributed by atoms with Crippen LogP contribution in [0.2, 0.25) is 0 Å². The van der Waals surface area contributed by atoms with Crippen molar-refractivity contribution in [3.05, 3.63) is 83.4 Å². The monoisotopic (exact) mass is 529 g/mol. The molecule has 0 saturated carbocycles. The fraction of sp³-hybridized carbons (Fsp3) is 0.185. The van der Waals surface area contributed by atoms with Crippen LogP contribution in [0.3, 0.4) is 0 Å². The Labute approximate surface area is 215 Å².